The number of nitrogens with one attached hydrogen (secondary N) is 2. The van der Waals surface area contributed by atoms with E-state index >= 15 is 0 Å². The first-order valence-corrected chi connectivity index (χ1v) is 6.46. The van der Waals surface area contributed by atoms with Crippen molar-refractivity contribution < 1.29 is 14.3 Å². The predicted molar refractivity (Wildman–Crippen MR) is 72.4 cm³/mol. The summed E-state index contributed by atoms with van der Waals surface area (Å²) in [6.45, 7) is 1.36. The number of amides is 1. The van der Waals surface area contributed by atoms with Crippen molar-refractivity contribution in [2.24, 2.45) is 0 Å². The van der Waals surface area contributed by atoms with Gasteiger partial charge >= 0.3 is 0 Å². The second kappa shape index (κ2) is 6.43. The van der Waals surface area contributed by atoms with Crippen molar-refractivity contribution in [2.45, 2.75) is 25.4 Å². The average Bonchev–Trinajstić information content (AvgIpc) is 2.46. The van der Waals surface area contributed by atoms with Crippen molar-refractivity contribution in [2.75, 3.05) is 20.8 Å². The van der Waals surface area contributed by atoms with E-state index in [1.165, 1.54) is 0 Å². The van der Waals surface area contributed by atoms with Gasteiger partial charge in [-0.25, -0.2) is 0 Å². The van der Waals surface area contributed by atoms with Gasteiger partial charge in [-0.1, -0.05) is 0 Å². The molecule has 0 aromatic heterocycles. The third-order valence-corrected chi connectivity index (χ3v) is 3.31. The molecular weight excluding hydrogens is 244 g/mol. The molecule has 1 fully saturated rings. The molecule has 0 bridgehead atoms. The molecule has 1 aliphatic heterocycles. The van der Waals surface area contributed by atoms with Gasteiger partial charge in [-0.3, -0.25) is 4.79 Å². The first kappa shape index (κ1) is 13.7. The monoisotopic (exact) mass is 264 g/mol. The molecule has 1 saturated heterocycles. The Hall–Kier alpha value is -1.75. The van der Waals surface area contributed by atoms with Crippen LogP contribution in [-0.2, 0) is 11.3 Å². The Labute approximate surface area is 113 Å². The summed E-state index contributed by atoms with van der Waals surface area (Å²) in [6.07, 6.45) is 1.89. The minimum absolute atomic E-state index is 0.0770. The summed E-state index contributed by atoms with van der Waals surface area (Å²) in [5.74, 6) is 1.66. The fraction of sp³-hybridized carbons (Fsp3) is 0.500. The van der Waals surface area contributed by atoms with Crippen LogP contribution in [0.25, 0.3) is 0 Å². The normalized spacial score (nSPS) is 18.8. The van der Waals surface area contributed by atoms with E-state index in [1.54, 1.807) is 14.2 Å². The fourth-order valence-corrected chi connectivity index (χ4v) is 2.22. The summed E-state index contributed by atoms with van der Waals surface area (Å²) in [5.41, 5.74) is 0.986. The topological polar surface area (TPSA) is 59.6 Å². The van der Waals surface area contributed by atoms with Crippen LogP contribution >= 0.6 is 0 Å². The molecule has 0 radical (unpaired) electrons. The zero-order valence-electron chi connectivity index (χ0n) is 11.4. The van der Waals surface area contributed by atoms with Gasteiger partial charge in [0.25, 0.3) is 0 Å². The highest BCUT2D eigenvalue weighted by molar-refractivity contribution is 5.82. The molecule has 1 aromatic carbocycles. The van der Waals surface area contributed by atoms with Crippen LogP contribution in [0.15, 0.2) is 18.2 Å². The number of carbonyl (C=O) groups excluding carboxylic acids is 1. The van der Waals surface area contributed by atoms with Crippen LogP contribution < -0.4 is 20.1 Å². The number of hydrogen-bond donors (Lipinski definition) is 2. The van der Waals surface area contributed by atoms with Crippen LogP contribution in [-0.4, -0.2) is 32.7 Å². The van der Waals surface area contributed by atoms with Crippen molar-refractivity contribution in [1.29, 1.82) is 0 Å². The van der Waals surface area contributed by atoms with Crippen LogP contribution in [0.4, 0.5) is 0 Å². The molecule has 104 valence electrons. The van der Waals surface area contributed by atoms with Crippen molar-refractivity contribution >= 4 is 5.91 Å². The van der Waals surface area contributed by atoms with E-state index in [4.69, 9.17) is 9.47 Å². The van der Waals surface area contributed by atoms with Crippen LogP contribution in [0.2, 0.25) is 0 Å². The minimum Gasteiger partial charge on any atom is -0.497 e. The van der Waals surface area contributed by atoms with Gasteiger partial charge in [-0.2, -0.15) is 0 Å². The zero-order valence-corrected chi connectivity index (χ0v) is 11.4. The van der Waals surface area contributed by atoms with E-state index in [0.29, 0.717) is 6.54 Å². The summed E-state index contributed by atoms with van der Waals surface area (Å²) >= 11 is 0. The van der Waals surface area contributed by atoms with E-state index in [1.807, 2.05) is 18.2 Å². The zero-order chi connectivity index (χ0) is 13.7. The van der Waals surface area contributed by atoms with Gasteiger partial charge in [0, 0.05) is 18.7 Å². The molecular formula is C14H20N2O3. The van der Waals surface area contributed by atoms with Crippen LogP contribution in [0.5, 0.6) is 11.5 Å². The fourth-order valence-electron chi connectivity index (χ4n) is 2.22. The van der Waals surface area contributed by atoms with E-state index in [-0.39, 0.29) is 11.9 Å². The summed E-state index contributed by atoms with van der Waals surface area (Å²) in [7, 11) is 3.27. The number of benzene rings is 1. The highest BCUT2D eigenvalue weighted by Crippen LogP contribution is 2.24. The molecule has 1 amide bonds. The van der Waals surface area contributed by atoms with Crippen LogP contribution in [0.1, 0.15) is 18.4 Å². The first-order valence-electron chi connectivity index (χ1n) is 6.46. The molecule has 1 aromatic rings. The number of piperidine rings is 1. The maximum atomic E-state index is 11.7. The lowest BCUT2D eigenvalue weighted by Gasteiger charge is -2.23. The first-order chi connectivity index (χ1) is 9.24. The number of carbonyl (C=O) groups is 1. The maximum absolute atomic E-state index is 11.7. The van der Waals surface area contributed by atoms with Crippen molar-refractivity contribution in [3.05, 3.63) is 23.8 Å². The number of hydrogen-bond acceptors (Lipinski definition) is 4. The molecule has 0 spiro atoms. The molecule has 1 aliphatic rings. The van der Waals surface area contributed by atoms with Crippen molar-refractivity contribution in [1.82, 2.24) is 10.6 Å². The van der Waals surface area contributed by atoms with Gasteiger partial charge in [0.2, 0.25) is 5.91 Å². The molecule has 1 heterocycles. The maximum Gasteiger partial charge on any atom is 0.237 e. The average molecular weight is 264 g/mol. The van der Waals surface area contributed by atoms with Gasteiger partial charge in [-0.05, 0) is 31.0 Å². The van der Waals surface area contributed by atoms with E-state index in [0.717, 1.165) is 36.4 Å². The third-order valence-electron chi connectivity index (χ3n) is 3.31. The van der Waals surface area contributed by atoms with Crippen molar-refractivity contribution in [3.63, 3.8) is 0 Å². The molecule has 2 N–H and O–H groups in total. The molecule has 5 heteroatoms. The molecule has 19 heavy (non-hydrogen) atoms. The quantitative estimate of drug-likeness (QED) is 0.835. The van der Waals surface area contributed by atoms with Gasteiger partial charge < -0.3 is 20.1 Å². The largest absolute Gasteiger partial charge is 0.497 e. The molecule has 0 saturated carbocycles. The molecule has 1 atom stereocenters. The predicted octanol–water partition coefficient (Wildman–Crippen LogP) is 1.07. The van der Waals surface area contributed by atoms with Gasteiger partial charge in [0.15, 0.2) is 0 Å². The van der Waals surface area contributed by atoms with E-state index in [2.05, 4.69) is 10.6 Å². The lowest BCUT2D eigenvalue weighted by molar-refractivity contribution is -0.124. The van der Waals surface area contributed by atoms with Crippen LogP contribution in [0.3, 0.4) is 0 Å². The SMILES string of the molecule is COc1ccc(OC)c(CNC2CCCNC2=O)c1. The van der Waals surface area contributed by atoms with E-state index < -0.39 is 0 Å². The Bertz CT molecular complexity index is 448. The Morgan fingerprint density at radius 3 is 2.89 bits per heavy atom. The minimum atomic E-state index is -0.121. The lowest BCUT2D eigenvalue weighted by atomic mass is 10.1. The molecule has 5 nitrogen and oxygen atoms in total. The third kappa shape index (κ3) is 3.38. The Kier molecular flexibility index (Phi) is 4.63. The number of ether oxygens (including phenoxy) is 2. The standard InChI is InChI=1S/C14H20N2O3/c1-18-11-5-6-13(19-2)10(8-11)9-16-12-4-3-7-15-14(12)17/h5-6,8,12,16H,3-4,7,9H2,1-2H3,(H,15,17). The van der Waals surface area contributed by atoms with Crippen molar-refractivity contribution in [3.8, 4) is 11.5 Å². The smallest absolute Gasteiger partial charge is 0.237 e. The van der Waals surface area contributed by atoms with Gasteiger partial charge in [0.05, 0.1) is 20.3 Å². The van der Waals surface area contributed by atoms with E-state index in [9.17, 15) is 4.79 Å². The van der Waals surface area contributed by atoms with Gasteiger partial charge in [-0.15, -0.1) is 0 Å². The lowest BCUT2D eigenvalue weighted by Crippen LogP contribution is -2.47. The Balaban J connectivity index is 2.03. The molecule has 1 unspecified atom stereocenters. The summed E-state index contributed by atoms with van der Waals surface area (Å²) in [5, 5.41) is 6.13. The summed E-state index contributed by atoms with van der Waals surface area (Å²) in [4.78, 5) is 11.7. The summed E-state index contributed by atoms with van der Waals surface area (Å²) < 4.78 is 10.5. The Morgan fingerprint density at radius 2 is 2.21 bits per heavy atom. The second-order valence-corrected chi connectivity index (χ2v) is 4.54. The number of methoxy groups -OCH3 is 2. The highest BCUT2D eigenvalue weighted by Gasteiger charge is 2.21. The molecule has 0 aliphatic carbocycles. The molecule has 2 rings (SSSR count). The van der Waals surface area contributed by atoms with Gasteiger partial charge in [0.1, 0.15) is 11.5 Å². The highest BCUT2D eigenvalue weighted by atomic mass is 16.5. The second-order valence-electron chi connectivity index (χ2n) is 4.54. The summed E-state index contributed by atoms with van der Waals surface area (Å²) in [6, 6.07) is 5.53. The van der Waals surface area contributed by atoms with Crippen LogP contribution in [0, 0.1) is 0 Å². The number of rotatable bonds is 5. The Morgan fingerprint density at radius 1 is 1.37 bits per heavy atom.